The van der Waals surface area contributed by atoms with Crippen molar-refractivity contribution in [1.82, 2.24) is 24.9 Å². The van der Waals surface area contributed by atoms with Gasteiger partial charge in [0.15, 0.2) is 5.65 Å². The third-order valence-electron chi connectivity index (χ3n) is 2.93. The van der Waals surface area contributed by atoms with Gasteiger partial charge in [0, 0.05) is 30.7 Å². The van der Waals surface area contributed by atoms with E-state index in [0.717, 1.165) is 5.56 Å². The van der Waals surface area contributed by atoms with Crippen LogP contribution in [0.1, 0.15) is 21.6 Å². The quantitative estimate of drug-likeness (QED) is 0.768. The van der Waals surface area contributed by atoms with Gasteiger partial charge in [-0.25, -0.2) is 14.5 Å². The fraction of sp³-hybridized carbons (Fsp3) is 0.0714. The van der Waals surface area contributed by atoms with Crippen molar-refractivity contribution in [3.05, 3.63) is 59.8 Å². The molecule has 7 heteroatoms. The van der Waals surface area contributed by atoms with E-state index in [1.54, 1.807) is 35.2 Å². The van der Waals surface area contributed by atoms with Crippen LogP contribution in [0.3, 0.4) is 0 Å². The molecule has 0 aliphatic heterocycles. The maximum absolute atomic E-state index is 12.0. The zero-order valence-corrected chi connectivity index (χ0v) is 10.9. The average Bonchev–Trinajstić information content (AvgIpc) is 2.96. The molecule has 3 aromatic rings. The molecule has 1 N–H and O–H groups in total. The van der Waals surface area contributed by atoms with Crippen LogP contribution in [0, 0.1) is 11.3 Å². The van der Waals surface area contributed by atoms with Crippen molar-refractivity contribution in [2.45, 2.75) is 6.54 Å². The smallest absolute Gasteiger partial charge is 0.253 e. The first-order valence-corrected chi connectivity index (χ1v) is 6.19. The van der Waals surface area contributed by atoms with E-state index in [1.807, 2.05) is 6.07 Å². The summed E-state index contributed by atoms with van der Waals surface area (Å²) in [7, 11) is 0. The zero-order chi connectivity index (χ0) is 14.7. The molecule has 0 bridgehead atoms. The first-order valence-electron chi connectivity index (χ1n) is 6.19. The van der Waals surface area contributed by atoms with Crippen LogP contribution in [0.25, 0.3) is 5.65 Å². The van der Waals surface area contributed by atoms with Gasteiger partial charge in [-0.1, -0.05) is 0 Å². The predicted octanol–water partition coefficient (Wildman–Crippen LogP) is 0.926. The molecular weight excluding hydrogens is 268 g/mol. The van der Waals surface area contributed by atoms with E-state index in [4.69, 9.17) is 5.26 Å². The summed E-state index contributed by atoms with van der Waals surface area (Å²) in [4.78, 5) is 20.1. The van der Waals surface area contributed by atoms with Crippen LogP contribution in [-0.2, 0) is 6.54 Å². The van der Waals surface area contributed by atoms with Gasteiger partial charge in [-0.15, -0.1) is 0 Å². The van der Waals surface area contributed by atoms with Gasteiger partial charge in [0.25, 0.3) is 5.91 Å². The highest BCUT2D eigenvalue weighted by Gasteiger charge is 2.09. The standard InChI is InChI=1S/C14H10N6O/c15-6-12-3-2-10(7-17-12)14(21)18-8-11-9-19-20-5-1-4-16-13(11)20/h1-5,7,9H,8H2,(H,18,21). The summed E-state index contributed by atoms with van der Waals surface area (Å²) >= 11 is 0. The van der Waals surface area contributed by atoms with Crippen LogP contribution in [-0.4, -0.2) is 25.5 Å². The number of nitrogens with zero attached hydrogens (tertiary/aromatic N) is 5. The Balaban J connectivity index is 1.72. The molecule has 0 saturated heterocycles. The van der Waals surface area contributed by atoms with Crippen molar-refractivity contribution in [3.63, 3.8) is 0 Å². The summed E-state index contributed by atoms with van der Waals surface area (Å²) < 4.78 is 1.64. The molecule has 0 aliphatic carbocycles. The molecule has 0 saturated carbocycles. The second kappa shape index (κ2) is 5.38. The van der Waals surface area contributed by atoms with Crippen LogP contribution < -0.4 is 5.32 Å². The number of carbonyl (C=O) groups excluding carboxylic acids is 1. The molecule has 3 heterocycles. The van der Waals surface area contributed by atoms with Gasteiger partial charge in [-0.3, -0.25) is 4.79 Å². The van der Waals surface area contributed by atoms with E-state index >= 15 is 0 Å². The normalized spacial score (nSPS) is 10.2. The maximum atomic E-state index is 12.0. The Kier molecular flexibility index (Phi) is 3.27. The van der Waals surface area contributed by atoms with Crippen molar-refractivity contribution in [3.8, 4) is 6.07 Å². The van der Waals surface area contributed by atoms with Crippen LogP contribution in [0.4, 0.5) is 0 Å². The van der Waals surface area contributed by atoms with Crippen molar-refractivity contribution in [2.24, 2.45) is 0 Å². The molecular formula is C14H10N6O. The number of nitrogens with one attached hydrogen (secondary N) is 1. The molecule has 3 rings (SSSR count). The van der Waals surface area contributed by atoms with Crippen molar-refractivity contribution in [2.75, 3.05) is 0 Å². The Labute approximate surface area is 119 Å². The summed E-state index contributed by atoms with van der Waals surface area (Å²) in [6, 6.07) is 6.76. The van der Waals surface area contributed by atoms with Gasteiger partial charge in [-0.2, -0.15) is 10.4 Å². The van der Waals surface area contributed by atoms with Crippen LogP contribution in [0.2, 0.25) is 0 Å². The lowest BCUT2D eigenvalue weighted by Gasteiger charge is -2.03. The molecule has 0 unspecified atom stereocenters. The highest BCUT2D eigenvalue weighted by molar-refractivity contribution is 5.93. The minimum absolute atomic E-state index is 0.262. The second-order valence-corrected chi connectivity index (χ2v) is 4.28. The lowest BCUT2D eigenvalue weighted by molar-refractivity contribution is 0.0950. The number of amides is 1. The molecule has 0 radical (unpaired) electrons. The van der Waals surface area contributed by atoms with Gasteiger partial charge in [0.2, 0.25) is 0 Å². The van der Waals surface area contributed by atoms with Crippen LogP contribution in [0.5, 0.6) is 0 Å². The molecule has 0 fully saturated rings. The third kappa shape index (κ3) is 2.55. The lowest BCUT2D eigenvalue weighted by atomic mass is 10.2. The maximum Gasteiger partial charge on any atom is 0.253 e. The topological polar surface area (TPSA) is 96.0 Å². The number of hydrogen-bond acceptors (Lipinski definition) is 5. The number of aromatic nitrogens is 4. The van der Waals surface area contributed by atoms with Crippen molar-refractivity contribution >= 4 is 11.6 Å². The molecule has 102 valence electrons. The molecule has 21 heavy (non-hydrogen) atoms. The van der Waals surface area contributed by atoms with Gasteiger partial charge >= 0.3 is 0 Å². The van der Waals surface area contributed by atoms with Gasteiger partial charge < -0.3 is 5.32 Å². The van der Waals surface area contributed by atoms with E-state index in [0.29, 0.717) is 17.8 Å². The molecule has 0 spiro atoms. The molecule has 0 aromatic carbocycles. The molecule has 7 nitrogen and oxygen atoms in total. The number of pyridine rings is 1. The second-order valence-electron chi connectivity index (χ2n) is 4.28. The Hall–Kier alpha value is -3.27. The number of fused-ring (bicyclic) bond motifs is 1. The summed E-state index contributed by atoms with van der Waals surface area (Å²) in [5.74, 6) is -0.262. The van der Waals surface area contributed by atoms with E-state index in [2.05, 4.69) is 20.4 Å². The van der Waals surface area contributed by atoms with E-state index < -0.39 is 0 Å². The fourth-order valence-corrected chi connectivity index (χ4v) is 1.87. The first kappa shape index (κ1) is 12.7. The van der Waals surface area contributed by atoms with E-state index in [1.165, 1.54) is 12.3 Å². The van der Waals surface area contributed by atoms with Crippen molar-refractivity contribution in [1.29, 1.82) is 5.26 Å². The highest BCUT2D eigenvalue weighted by atomic mass is 16.1. The molecule has 1 amide bonds. The Bertz CT molecular complexity index is 831. The minimum Gasteiger partial charge on any atom is -0.348 e. The highest BCUT2D eigenvalue weighted by Crippen LogP contribution is 2.07. The number of rotatable bonds is 3. The van der Waals surface area contributed by atoms with Gasteiger partial charge in [-0.05, 0) is 18.2 Å². The van der Waals surface area contributed by atoms with Crippen LogP contribution in [0.15, 0.2) is 43.0 Å². The van der Waals surface area contributed by atoms with Crippen LogP contribution >= 0.6 is 0 Å². The minimum atomic E-state index is -0.262. The van der Waals surface area contributed by atoms with Gasteiger partial charge in [0.05, 0.1) is 11.8 Å². The summed E-state index contributed by atoms with van der Waals surface area (Å²) in [6.07, 6.45) is 6.51. The number of hydrogen-bond donors (Lipinski definition) is 1. The zero-order valence-electron chi connectivity index (χ0n) is 10.9. The number of nitriles is 1. The summed E-state index contributed by atoms with van der Waals surface area (Å²) in [5.41, 5.74) is 2.21. The molecule has 0 aliphatic rings. The number of carbonyl (C=O) groups is 1. The molecule has 3 aromatic heterocycles. The summed E-state index contributed by atoms with van der Waals surface area (Å²) in [5, 5.41) is 15.6. The largest absolute Gasteiger partial charge is 0.348 e. The first-order chi connectivity index (χ1) is 10.3. The Morgan fingerprint density at radius 3 is 3.00 bits per heavy atom. The van der Waals surface area contributed by atoms with E-state index in [9.17, 15) is 4.79 Å². The third-order valence-corrected chi connectivity index (χ3v) is 2.93. The monoisotopic (exact) mass is 278 g/mol. The summed E-state index contributed by atoms with van der Waals surface area (Å²) in [6.45, 7) is 0.319. The van der Waals surface area contributed by atoms with Gasteiger partial charge in [0.1, 0.15) is 11.8 Å². The van der Waals surface area contributed by atoms with Crippen molar-refractivity contribution < 1.29 is 4.79 Å². The Morgan fingerprint density at radius 1 is 1.33 bits per heavy atom. The Morgan fingerprint density at radius 2 is 2.24 bits per heavy atom. The predicted molar refractivity (Wildman–Crippen MR) is 73.1 cm³/mol. The SMILES string of the molecule is N#Cc1ccc(C(=O)NCc2cnn3cccnc23)cn1. The average molecular weight is 278 g/mol. The van der Waals surface area contributed by atoms with E-state index in [-0.39, 0.29) is 11.6 Å². The fourth-order valence-electron chi connectivity index (χ4n) is 1.87. The molecule has 0 atom stereocenters. The lowest BCUT2D eigenvalue weighted by Crippen LogP contribution is -2.23.